The van der Waals surface area contributed by atoms with Gasteiger partial charge in [0.05, 0.1) is 11.8 Å². The quantitative estimate of drug-likeness (QED) is 0.248. The lowest BCUT2D eigenvalue weighted by Gasteiger charge is -2.30. The van der Waals surface area contributed by atoms with Crippen LogP contribution in [0.25, 0.3) is 33.5 Å². The van der Waals surface area contributed by atoms with E-state index in [0.717, 1.165) is 62.3 Å². The molecule has 2 amide bonds. The van der Waals surface area contributed by atoms with Crippen molar-refractivity contribution >= 4 is 28.5 Å². The Labute approximate surface area is 261 Å². The summed E-state index contributed by atoms with van der Waals surface area (Å²) in [5, 5.41) is 10.7. The van der Waals surface area contributed by atoms with E-state index in [-0.39, 0.29) is 17.9 Å². The van der Waals surface area contributed by atoms with Gasteiger partial charge in [0.2, 0.25) is 0 Å². The van der Waals surface area contributed by atoms with Crippen LogP contribution < -0.4 is 4.90 Å². The van der Waals surface area contributed by atoms with Crippen molar-refractivity contribution < 1.29 is 14.7 Å². The molecule has 3 aliphatic rings. The van der Waals surface area contributed by atoms with E-state index in [9.17, 15) is 14.7 Å². The fraction of sp³-hybridized carbons (Fsp3) is 0.297. The smallest absolute Gasteiger partial charge is 0.258 e. The van der Waals surface area contributed by atoms with Crippen LogP contribution >= 0.6 is 0 Å². The van der Waals surface area contributed by atoms with Crippen molar-refractivity contribution in [1.82, 2.24) is 19.9 Å². The number of benzene rings is 3. The second kappa shape index (κ2) is 11.0. The average molecular weight is 598 g/mol. The molecule has 0 unspecified atom stereocenters. The van der Waals surface area contributed by atoms with Gasteiger partial charge in [0.25, 0.3) is 11.8 Å². The Kier molecular flexibility index (Phi) is 6.75. The number of anilines is 1. The molecule has 2 aliphatic heterocycles. The molecule has 4 heterocycles. The fourth-order valence-corrected chi connectivity index (χ4v) is 6.94. The summed E-state index contributed by atoms with van der Waals surface area (Å²) in [7, 11) is 0. The summed E-state index contributed by atoms with van der Waals surface area (Å²) in [6.07, 6.45) is 5.84. The Morgan fingerprint density at radius 3 is 2.49 bits per heavy atom. The summed E-state index contributed by atoms with van der Waals surface area (Å²) in [5.74, 6) is 0.716. The molecule has 1 saturated heterocycles. The van der Waals surface area contributed by atoms with Crippen LogP contribution in [-0.4, -0.2) is 62.5 Å². The molecule has 2 fully saturated rings. The maximum Gasteiger partial charge on any atom is 0.258 e. The number of hydrogen-bond acceptors (Lipinski definition) is 5. The summed E-state index contributed by atoms with van der Waals surface area (Å²) < 4.78 is 0. The van der Waals surface area contributed by atoms with Crippen molar-refractivity contribution in [2.24, 2.45) is 0 Å². The minimum Gasteiger partial charge on any atom is -0.393 e. The molecule has 8 heteroatoms. The van der Waals surface area contributed by atoms with Crippen LogP contribution in [0.3, 0.4) is 0 Å². The molecule has 1 aliphatic carbocycles. The standard InChI is InChI=1S/C37H35N5O3/c1-22-29(3-2-4-33(22)42-18-13-27-19-26(23-5-6-23)11-12-30(27)37(42)45)34-31-20-32(40-35(31)39-21-38-34)24-7-9-25(10-8-24)36(44)41-16-14-28(43)15-17-41/h2-4,7-12,19-21,23,28,43H,5-6,13-18H2,1H3,(H,38,39,40). The van der Waals surface area contributed by atoms with Gasteiger partial charge in [-0.05, 0) is 97.5 Å². The number of aliphatic hydroxyl groups excluding tert-OH is 1. The highest BCUT2D eigenvalue weighted by molar-refractivity contribution is 6.09. The summed E-state index contributed by atoms with van der Waals surface area (Å²) in [4.78, 5) is 43.1. The van der Waals surface area contributed by atoms with Crippen LogP contribution in [-0.2, 0) is 6.42 Å². The SMILES string of the molecule is Cc1c(-c2ncnc3[nH]c(-c4ccc(C(=O)N5CCC(O)CC5)cc4)cc23)cccc1N1CCc2cc(C3CC3)ccc2C1=O. The monoisotopic (exact) mass is 597 g/mol. The first-order valence-corrected chi connectivity index (χ1v) is 15.9. The molecule has 0 bridgehead atoms. The maximum absolute atomic E-state index is 13.7. The molecule has 1 saturated carbocycles. The Morgan fingerprint density at radius 2 is 1.71 bits per heavy atom. The predicted octanol–water partition coefficient (Wildman–Crippen LogP) is 6.28. The second-order valence-electron chi connectivity index (χ2n) is 12.6. The van der Waals surface area contributed by atoms with Gasteiger partial charge >= 0.3 is 0 Å². The first-order valence-electron chi connectivity index (χ1n) is 15.9. The molecule has 0 spiro atoms. The highest BCUT2D eigenvalue weighted by Gasteiger charge is 2.30. The Balaban J connectivity index is 1.08. The number of nitrogens with zero attached hydrogens (tertiary/aromatic N) is 4. The number of piperidine rings is 1. The van der Waals surface area contributed by atoms with E-state index >= 15 is 0 Å². The lowest BCUT2D eigenvalue weighted by Crippen LogP contribution is -2.40. The average Bonchev–Trinajstić information content (AvgIpc) is 3.83. The Morgan fingerprint density at radius 1 is 0.911 bits per heavy atom. The van der Waals surface area contributed by atoms with Gasteiger partial charge in [-0.25, -0.2) is 9.97 Å². The second-order valence-corrected chi connectivity index (χ2v) is 12.6. The maximum atomic E-state index is 13.7. The number of rotatable bonds is 5. The summed E-state index contributed by atoms with van der Waals surface area (Å²) in [6, 6.07) is 22.1. The highest BCUT2D eigenvalue weighted by atomic mass is 16.3. The number of fused-ring (bicyclic) bond motifs is 2. The summed E-state index contributed by atoms with van der Waals surface area (Å²) in [6.45, 7) is 3.86. The number of amides is 2. The number of aliphatic hydroxyl groups is 1. The van der Waals surface area contributed by atoms with Crippen molar-refractivity contribution in [3.05, 3.63) is 101 Å². The van der Waals surface area contributed by atoms with Crippen LogP contribution in [0.2, 0.25) is 0 Å². The predicted molar refractivity (Wildman–Crippen MR) is 174 cm³/mol. The number of aromatic amines is 1. The van der Waals surface area contributed by atoms with Gasteiger partial charge < -0.3 is 19.9 Å². The van der Waals surface area contributed by atoms with Crippen LogP contribution in [0.5, 0.6) is 0 Å². The normalized spacial score (nSPS) is 17.2. The van der Waals surface area contributed by atoms with Crippen molar-refractivity contribution in [2.75, 3.05) is 24.5 Å². The zero-order valence-corrected chi connectivity index (χ0v) is 25.3. The van der Waals surface area contributed by atoms with E-state index in [1.807, 2.05) is 52.3 Å². The molecule has 5 aromatic rings. The summed E-state index contributed by atoms with van der Waals surface area (Å²) >= 11 is 0. The third kappa shape index (κ3) is 4.99. The fourth-order valence-electron chi connectivity index (χ4n) is 6.94. The number of hydrogen-bond donors (Lipinski definition) is 2. The van der Waals surface area contributed by atoms with E-state index < -0.39 is 0 Å². The first kappa shape index (κ1) is 27.7. The van der Waals surface area contributed by atoms with E-state index in [1.54, 1.807) is 6.33 Å². The third-order valence-corrected chi connectivity index (χ3v) is 9.73. The molecule has 0 radical (unpaired) electrons. The van der Waals surface area contributed by atoms with E-state index in [4.69, 9.17) is 4.98 Å². The zero-order chi connectivity index (χ0) is 30.7. The van der Waals surface area contributed by atoms with Gasteiger partial charge in [-0.3, -0.25) is 9.59 Å². The lowest BCUT2D eigenvalue weighted by atomic mass is 9.93. The van der Waals surface area contributed by atoms with E-state index in [2.05, 4.69) is 41.2 Å². The lowest BCUT2D eigenvalue weighted by molar-refractivity contribution is 0.0546. The van der Waals surface area contributed by atoms with Gasteiger partial charge in [0.15, 0.2) is 0 Å². The van der Waals surface area contributed by atoms with Crippen molar-refractivity contribution in [2.45, 2.75) is 51.0 Å². The number of nitrogens with one attached hydrogen (secondary N) is 1. The van der Waals surface area contributed by atoms with Crippen molar-refractivity contribution in [1.29, 1.82) is 0 Å². The molecular weight excluding hydrogens is 562 g/mol. The molecule has 8 rings (SSSR count). The van der Waals surface area contributed by atoms with Crippen LogP contribution in [0.1, 0.15) is 69.0 Å². The van der Waals surface area contributed by atoms with Crippen LogP contribution in [0.15, 0.2) is 73.1 Å². The number of carbonyl (C=O) groups excluding carboxylic acids is 2. The first-order chi connectivity index (χ1) is 21.9. The largest absolute Gasteiger partial charge is 0.393 e. The molecule has 0 atom stereocenters. The molecule has 8 nitrogen and oxygen atoms in total. The molecular formula is C37H35N5O3. The Hall–Kier alpha value is -4.82. The van der Waals surface area contributed by atoms with Crippen molar-refractivity contribution in [3.63, 3.8) is 0 Å². The molecule has 226 valence electrons. The zero-order valence-electron chi connectivity index (χ0n) is 25.3. The number of H-pyrrole nitrogens is 1. The van der Waals surface area contributed by atoms with E-state index in [1.165, 1.54) is 18.4 Å². The number of aromatic nitrogens is 3. The molecule has 3 aromatic carbocycles. The third-order valence-electron chi connectivity index (χ3n) is 9.73. The van der Waals surface area contributed by atoms with Crippen LogP contribution in [0, 0.1) is 6.92 Å². The van der Waals surface area contributed by atoms with Crippen LogP contribution in [0.4, 0.5) is 5.69 Å². The number of carbonyl (C=O) groups is 2. The summed E-state index contributed by atoms with van der Waals surface area (Å²) in [5.41, 5.74) is 10.2. The molecule has 2 N–H and O–H groups in total. The number of likely N-dealkylation sites (tertiary alicyclic amines) is 1. The molecule has 2 aromatic heterocycles. The molecule has 45 heavy (non-hydrogen) atoms. The van der Waals surface area contributed by atoms with Gasteiger partial charge in [0.1, 0.15) is 12.0 Å². The van der Waals surface area contributed by atoms with Gasteiger partial charge in [0, 0.05) is 53.1 Å². The van der Waals surface area contributed by atoms with Gasteiger partial charge in [-0.1, -0.05) is 36.4 Å². The van der Waals surface area contributed by atoms with Crippen molar-refractivity contribution in [3.8, 4) is 22.5 Å². The highest BCUT2D eigenvalue weighted by Crippen LogP contribution is 2.42. The van der Waals surface area contributed by atoms with E-state index in [0.29, 0.717) is 44.0 Å². The van der Waals surface area contributed by atoms with Gasteiger partial charge in [-0.2, -0.15) is 0 Å². The minimum atomic E-state index is -0.317. The Bertz CT molecular complexity index is 1950. The topological polar surface area (TPSA) is 102 Å². The van der Waals surface area contributed by atoms with Gasteiger partial charge in [-0.15, -0.1) is 0 Å². The minimum absolute atomic E-state index is 0.00714.